The monoisotopic (exact) mass is 309 g/mol. The molecule has 0 saturated carbocycles. The summed E-state index contributed by atoms with van der Waals surface area (Å²) in [7, 11) is 0. The average molecular weight is 310 g/mol. The molecule has 1 aliphatic heterocycles. The maximum atomic E-state index is 6.42. The Bertz CT molecular complexity index is 446. The lowest BCUT2D eigenvalue weighted by Gasteiger charge is -2.26. The van der Waals surface area contributed by atoms with Crippen LogP contribution in [-0.2, 0) is 6.54 Å². The number of benzene rings is 1. The number of hydrogen-bond donors (Lipinski definition) is 1. The smallest absolute Gasteiger partial charge is 0.0471 e. The molecule has 0 radical (unpaired) electrons. The molecule has 1 heterocycles. The molecule has 0 amide bonds. The van der Waals surface area contributed by atoms with Crippen molar-refractivity contribution in [2.45, 2.75) is 39.8 Å². The van der Waals surface area contributed by atoms with Gasteiger partial charge in [-0.2, -0.15) is 0 Å². The second-order valence-electron chi connectivity index (χ2n) is 5.67. The molecular weight excluding hydrogens is 282 g/mol. The average Bonchev–Trinajstić information content (AvgIpc) is 2.97. The van der Waals surface area contributed by atoms with Crippen molar-refractivity contribution in [1.82, 2.24) is 10.2 Å². The molecule has 1 unspecified atom stereocenters. The second kappa shape index (κ2) is 8.02. The Morgan fingerprint density at radius 1 is 1.29 bits per heavy atom. The summed E-state index contributed by atoms with van der Waals surface area (Å²) >= 11 is 6.42. The maximum Gasteiger partial charge on any atom is 0.0471 e. The van der Waals surface area contributed by atoms with E-state index in [1.807, 2.05) is 0 Å². The molecule has 1 aromatic carbocycles. The van der Waals surface area contributed by atoms with E-state index >= 15 is 0 Å². The van der Waals surface area contributed by atoms with Crippen molar-refractivity contribution in [3.8, 4) is 0 Å². The predicted molar refractivity (Wildman–Crippen MR) is 92.4 cm³/mol. The fourth-order valence-corrected chi connectivity index (χ4v) is 3.39. The number of likely N-dealkylation sites (N-methyl/N-ethyl adjacent to an activating group) is 1. The van der Waals surface area contributed by atoms with E-state index in [4.69, 9.17) is 11.6 Å². The zero-order chi connectivity index (χ0) is 15.2. The number of rotatable bonds is 7. The van der Waals surface area contributed by atoms with Gasteiger partial charge >= 0.3 is 0 Å². The van der Waals surface area contributed by atoms with Gasteiger partial charge in [-0.15, -0.1) is 0 Å². The fraction of sp³-hybridized carbons (Fsp3) is 0.647. The van der Waals surface area contributed by atoms with Crippen molar-refractivity contribution in [2.24, 2.45) is 0 Å². The molecule has 4 heteroatoms. The summed E-state index contributed by atoms with van der Waals surface area (Å²) in [4.78, 5) is 5.02. The Morgan fingerprint density at radius 3 is 2.67 bits per heavy atom. The van der Waals surface area contributed by atoms with Crippen molar-refractivity contribution in [3.63, 3.8) is 0 Å². The van der Waals surface area contributed by atoms with Crippen LogP contribution in [0.3, 0.4) is 0 Å². The van der Waals surface area contributed by atoms with Crippen LogP contribution in [0.1, 0.15) is 32.8 Å². The number of anilines is 1. The van der Waals surface area contributed by atoms with Gasteiger partial charge in [0.15, 0.2) is 0 Å². The molecule has 118 valence electrons. The van der Waals surface area contributed by atoms with E-state index < -0.39 is 0 Å². The molecule has 1 atom stereocenters. The van der Waals surface area contributed by atoms with E-state index in [1.165, 1.54) is 17.7 Å². The Kier molecular flexibility index (Phi) is 6.34. The summed E-state index contributed by atoms with van der Waals surface area (Å²) in [6, 6.07) is 7.17. The summed E-state index contributed by atoms with van der Waals surface area (Å²) in [5.74, 6) is 0. The molecule has 1 aromatic rings. The molecule has 1 N–H and O–H groups in total. The molecule has 0 aromatic heterocycles. The molecule has 21 heavy (non-hydrogen) atoms. The number of nitrogens with zero attached hydrogens (tertiary/aromatic N) is 2. The minimum absolute atomic E-state index is 0.681. The summed E-state index contributed by atoms with van der Waals surface area (Å²) in [6.07, 6.45) is 1.25. The van der Waals surface area contributed by atoms with Gasteiger partial charge in [-0.25, -0.2) is 0 Å². The second-order valence-corrected chi connectivity index (χ2v) is 6.07. The van der Waals surface area contributed by atoms with Gasteiger partial charge in [0.25, 0.3) is 0 Å². The van der Waals surface area contributed by atoms with Gasteiger partial charge in [-0.1, -0.05) is 38.4 Å². The Hall–Kier alpha value is -0.770. The van der Waals surface area contributed by atoms with E-state index in [0.717, 1.165) is 44.3 Å². The van der Waals surface area contributed by atoms with Crippen LogP contribution in [0.2, 0.25) is 5.02 Å². The summed E-state index contributed by atoms with van der Waals surface area (Å²) in [5, 5.41) is 4.20. The van der Waals surface area contributed by atoms with Crippen molar-refractivity contribution >= 4 is 17.3 Å². The zero-order valence-electron chi connectivity index (χ0n) is 13.5. The molecule has 1 aliphatic rings. The standard InChI is InChI=1S/C17H28ClN3/c1-4-19-12-14-7-8-15(11-17(14)18)21-10-9-16(13-21)20(5-2)6-3/h7-8,11,16,19H,4-6,9-10,12-13H2,1-3H3. The third-order valence-electron chi connectivity index (χ3n) is 4.46. The SMILES string of the molecule is CCNCc1ccc(N2CCC(N(CC)CC)C2)cc1Cl. The Balaban J connectivity index is 2.01. The Morgan fingerprint density at radius 2 is 2.05 bits per heavy atom. The van der Waals surface area contributed by atoms with Gasteiger partial charge in [-0.3, -0.25) is 4.90 Å². The molecule has 3 nitrogen and oxygen atoms in total. The summed E-state index contributed by atoms with van der Waals surface area (Å²) < 4.78 is 0. The maximum absolute atomic E-state index is 6.42. The first-order valence-electron chi connectivity index (χ1n) is 8.17. The minimum atomic E-state index is 0.681. The predicted octanol–water partition coefficient (Wildman–Crippen LogP) is 3.37. The number of nitrogens with one attached hydrogen (secondary N) is 1. The minimum Gasteiger partial charge on any atom is -0.370 e. The topological polar surface area (TPSA) is 18.5 Å². The highest BCUT2D eigenvalue weighted by Gasteiger charge is 2.26. The van der Waals surface area contributed by atoms with Gasteiger partial charge in [0.1, 0.15) is 0 Å². The van der Waals surface area contributed by atoms with E-state index in [2.05, 4.69) is 54.1 Å². The van der Waals surface area contributed by atoms with Crippen molar-refractivity contribution < 1.29 is 0 Å². The van der Waals surface area contributed by atoms with Crippen molar-refractivity contribution in [3.05, 3.63) is 28.8 Å². The third-order valence-corrected chi connectivity index (χ3v) is 4.81. The molecule has 2 rings (SSSR count). The van der Waals surface area contributed by atoms with Crippen LogP contribution in [-0.4, -0.2) is 43.7 Å². The first-order chi connectivity index (χ1) is 10.2. The fourth-order valence-electron chi connectivity index (χ4n) is 3.15. The first-order valence-corrected chi connectivity index (χ1v) is 8.55. The third kappa shape index (κ3) is 4.12. The van der Waals surface area contributed by atoms with Crippen molar-refractivity contribution in [1.29, 1.82) is 0 Å². The zero-order valence-corrected chi connectivity index (χ0v) is 14.3. The van der Waals surface area contributed by atoms with Crippen LogP contribution in [0.4, 0.5) is 5.69 Å². The quantitative estimate of drug-likeness (QED) is 0.833. The van der Waals surface area contributed by atoms with Crippen LogP contribution in [0, 0.1) is 0 Å². The molecule has 1 saturated heterocycles. The van der Waals surface area contributed by atoms with Gasteiger partial charge in [0, 0.05) is 36.4 Å². The van der Waals surface area contributed by atoms with Crippen LogP contribution in [0.25, 0.3) is 0 Å². The van der Waals surface area contributed by atoms with Crippen LogP contribution in [0.5, 0.6) is 0 Å². The molecule has 0 aliphatic carbocycles. The van der Waals surface area contributed by atoms with E-state index in [0.29, 0.717) is 6.04 Å². The molecule has 1 fully saturated rings. The molecule has 0 bridgehead atoms. The van der Waals surface area contributed by atoms with Gasteiger partial charge in [0.05, 0.1) is 0 Å². The van der Waals surface area contributed by atoms with Crippen LogP contribution >= 0.6 is 11.6 Å². The summed E-state index contributed by atoms with van der Waals surface area (Å²) in [5.41, 5.74) is 2.44. The molecule has 0 spiro atoms. The van der Waals surface area contributed by atoms with Crippen LogP contribution in [0.15, 0.2) is 18.2 Å². The molecular formula is C17H28ClN3. The summed E-state index contributed by atoms with van der Waals surface area (Å²) in [6.45, 7) is 12.9. The normalized spacial score (nSPS) is 18.7. The van der Waals surface area contributed by atoms with E-state index in [9.17, 15) is 0 Å². The van der Waals surface area contributed by atoms with Crippen molar-refractivity contribution in [2.75, 3.05) is 37.6 Å². The van der Waals surface area contributed by atoms with Gasteiger partial charge < -0.3 is 10.2 Å². The van der Waals surface area contributed by atoms with Crippen LogP contribution < -0.4 is 10.2 Å². The highest BCUT2D eigenvalue weighted by atomic mass is 35.5. The lowest BCUT2D eigenvalue weighted by Crippen LogP contribution is -2.37. The highest BCUT2D eigenvalue weighted by Crippen LogP contribution is 2.27. The Labute approximate surface area is 134 Å². The lowest BCUT2D eigenvalue weighted by molar-refractivity contribution is 0.232. The highest BCUT2D eigenvalue weighted by molar-refractivity contribution is 6.31. The first kappa shape index (κ1) is 16.6. The largest absolute Gasteiger partial charge is 0.370 e. The van der Waals surface area contributed by atoms with E-state index in [-0.39, 0.29) is 0 Å². The number of halogens is 1. The lowest BCUT2D eigenvalue weighted by atomic mass is 10.2. The number of hydrogen-bond acceptors (Lipinski definition) is 3. The van der Waals surface area contributed by atoms with Gasteiger partial charge in [-0.05, 0) is 43.8 Å². The van der Waals surface area contributed by atoms with E-state index in [1.54, 1.807) is 0 Å². The van der Waals surface area contributed by atoms with Gasteiger partial charge in [0.2, 0.25) is 0 Å².